The number of hydrogen-bond donors (Lipinski definition) is 0. The third kappa shape index (κ3) is 5.67. The van der Waals surface area contributed by atoms with Gasteiger partial charge < -0.3 is 5.11 Å². The van der Waals surface area contributed by atoms with E-state index in [0.29, 0.717) is 5.69 Å². The normalized spacial score (nSPS) is 17.6. The van der Waals surface area contributed by atoms with Gasteiger partial charge in [0.2, 0.25) is 5.27 Å². The Balaban J connectivity index is 1.36. The lowest BCUT2D eigenvalue weighted by molar-refractivity contribution is -0.759. The van der Waals surface area contributed by atoms with Crippen LogP contribution in [0.25, 0.3) is 6.08 Å². The molecule has 1 fully saturated rings. The molecule has 5 rings (SSSR count). The van der Waals surface area contributed by atoms with Crippen LogP contribution in [-0.2, 0) is 4.79 Å². The number of anilines is 1. The zero-order valence-corrected chi connectivity index (χ0v) is 21.2. The molecule has 0 radical (unpaired) electrons. The summed E-state index contributed by atoms with van der Waals surface area (Å²) in [7, 11) is 0. The highest BCUT2D eigenvalue weighted by Crippen LogP contribution is 2.31. The number of amidine groups is 1. The van der Waals surface area contributed by atoms with Crippen LogP contribution in [-0.4, -0.2) is 41.1 Å². The topological polar surface area (TPSA) is 101 Å². The Hall–Kier alpha value is -3.70. The number of aromatic nitrogens is 2. The number of nitrogens with zero attached hydrogens (tertiary/aromatic N) is 6. The number of carbonyl (C=O) groups is 1. The van der Waals surface area contributed by atoms with Crippen molar-refractivity contribution in [2.45, 2.75) is 19.3 Å². The summed E-state index contributed by atoms with van der Waals surface area (Å²) in [6.45, 7) is 1.72. The number of thioether (sulfide) groups is 1. The van der Waals surface area contributed by atoms with E-state index in [1.165, 1.54) is 35.6 Å². The molecule has 1 saturated heterocycles. The lowest BCUT2D eigenvalue weighted by atomic mass is 10.1. The second kappa shape index (κ2) is 11.1. The van der Waals surface area contributed by atoms with Crippen LogP contribution >= 0.6 is 23.4 Å². The van der Waals surface area contributed by atoms with Crippen LogP contribution in [0.4, 0.5) is 16.0 Å². The average molecular weight is 541 g/mol. The lowest BCUT2D eigenvalue weighted by Gasteiger charge is -2.18. The van der Waals surface area contributed by atoms with Crippen molar-refractivity contribution in [1.29, 1.82) is 0 Å². The van der Waals surface area contributed by atoms with Gasteiger partial charge in [-0.05, 0) is 55.5 Å². The quantitative estimate of drug-likeness (QED) is 0.205. The molecule has 190 valence electrons. The first-order valence-electron chi connectivity index (χ1n) is 11.6. The molecule has 0 aliphatic carbocycles. The van der Waals surface area contributed by atoms with E-state index in [0.717, 1.165) is 37.7 Å². The van der Waals surface area contributed by atoms with E-state index < -0.39 is 17.6 Å². The summed E-state index contributed by atoms with van der Waals surface area (Å²) >= 11 is 7.18. The summed E-state index contributed by atoms with van der Waals surface area (Å²) in [4.78, 5) is 24.6. The molecule has 0 atom stereocenters. The Morgan fingerprint density at radius 2 is 1.97 bits per heavy atom. The van der Waals surface area contributed by atoms with Crippen LogP contribution in [0, 0.1) is 5.82 Å². The highest BCUT2D eigenvalue weighted by Gasteiger charge is 2.32. The summed E-state index contributed by atoms with van der Waals surface area (Å²) in [5.74, 6) is -1.53. The molecular formula is C25H22ClFN6O3S. The van der Waals surface area contributed by atoms with Crippen LogP contribution < -0.4 is 19.8 Å². The molecule has 1 aromatic heterocycles. The van der Waals surface area contributed by atoms with Gasteiger partial charge in [-0.25, -0.2) is 14.4 Å². The first-order chi connectivity index (χ1) is 18.0. The molecule has 0 N–H and O–H groups in total. The van der Waals surface area contributed by atoms with Crippen LogP contribution in [0.3, 0.4) is 0 Å². The average Bonchev–Trinajstić information content (AvgIpc) is 3.50. The van der Waals surface area contributed by atoms with Crippen molar-refractivity contribution in [3.05, 3.63) is 76.8 Å². The van der Waals surface area contributed by atoms with E-state index >= 15 is 0 Å². The summed E-state index contributed by atoms with van der Waals surface area (Å²) in [5.41, 5.74) is 0.624. The van der Waals surface area contributed by atoms with E-state index in [1.54, 1.807) is 35.3 Å². The van der Waals surface area contributed by atoms with Crippen LogP contribution in [0.2, 0.25) is 5.02 Å². The van der Waals surface area contributed by atoms with Gasteiger partial charge in [0.1, 0.15) is 11.5 Å². The van der Waals surface area contributed by atoms with Gasteiger partial charge in [0.05, 0.1) is 28.6 Å². The first-order valence-corrected chi connectivity index (χ1v) is 13.0. The number of carbonyl (C=O) groups excluding carboxylic acids is 1. The molecule has 3 heterocycles. The highest BCUT2D eigenvalue weighted by molar-refractivity contribution is 8.14. The van der Waals surface area contributed by atoms with E-state index in [-0.39, 0.29) is 33.1 Å². The smallest absolute Gasteiger partial charge is 0.324 e. The molecule has 3 aromatic rings. The fourth-order valence-corrected chi connectivity index (χ4v) is 4.97. The van der Waals surface area contributed by atoms with E-state index in [1.807, 2.05) is 11.1 Å². The predicted octanol–water partition coefficient (Wildman–Crippen LogP) is 3.44. The Bertz CT molecular complexity index is 1370. The molecule has 9 nitrogen and oxygen atoms in total. The van der Waals surface area contributed by atoms with Crippen molar-refractivity contribution in [2.24, 2.45) is 9.98 Å². The third-order valence-electron chi connectivity index (χ3n) is 5.75. The molecule has 0 bridgehead atoms. The molecule has 37 heavy (non-hydrogen) atoms. The molecule has 0 saturated carbocycles. The molecule has 2 aliphatic heterocycles. The zero-order chi connectivity index (χ0) is 25.8. The number of halogens is 2. The Morgan fingerprint density at radius 3 is 2.73 bits per heavy atom. The van der Waals surface area contributed by atoms with Gasteiger partial charge >= 0.3 is 5.88 Å². The number of aliphatic imine (C=N–C) groups is 2. The Kier molecular flexibility index (Phi) is 7.52. The SMILES string of the molecule is O=C1/C(=C/c2c(F)cccc2Cl)N=C(SC/C([O-])=N\c2c[n+](N3CCCCC3)no2)N1c1ccccc1. The van der Waals surface area contributed by atoms with Crippen LogP contribution in [0.1, 0.15) is 24.8 Å². The number of para-hydroxylation sites is 1. The van der Waals surface area contributed by atoms with Gasteiger partial charge in [0.25, 0.3) is 12.1 Å². The summed E-state index contributed by atoms with van der Waals surface area (Å²) in [5, 5.41) is 19.0. The predicted molar refractivity (Wildman–Crippen MR) is 139 cm³/mol. The van der Waals surface area contributed by atoms with Gasteiger partial charge in [-0.1, -0.05) is 47.6 Å². The van der Waals surface area contributed by atoms with Gasteiger partial charge in [-0.3, -0.25) is 14.2 Å². The number of hydrogen-bond acceptors (Lipinski definition) is 8. The van der Waals surface area contributed by atoms with Crippen molar-refractivity contribution in [3.8, 4) is 0 Å². The Morgan fingerprint density at radius 1 is 1.19 bits per heavy atom. The molecule has 0 unspecified atom stereocenters. The number of piperidine rings is 1. The summed E-state index contributed by atoms with van der Waals surface area (Å²) in [6, 6.07) is 13.1. The summed E-state index contributed by atoms with van der Waals surface area (Å²) in [6.07, 6.45) is 6.20. The van der Waals surface area contributed by atoms with Gasteiger partial charge in [0, 0.05) is 11.3 Å². The van der Waals surface area contributed by atoms with Crippen LogP contribution in [0.5, 0.6) is 0 Å². The van der Waals surface area contributed by atoms with Gasteiger partial charge in [-0.15, -0.1) is 0 Å². The van der Waals surface area contributed by atoms with Gasteiger partial charge in [-0.2, -0.15) is 5.01 Å². The number of amides is 1. The molecule has 0 spiro atoms. The molecule has 2 aromatic carbocycles. The van der Waals surface area contributed by atoms with Crippen LogP contribution in [0.15, 0.2) is 74.9 Å². The second-order valence-electron chi connectivity index (χ2n) is 8.30. The second-order valence-corrected chi connectivity index (χ2v) is 9.65. The van der Waals surface area contributed by atoms with E-state index in [9.17, 15) is 14.3 Å². The number of benzene rings is 2. The lowest BCUT2D eigenvalue weighted by Crippen LogP contribution is -2.60. The minimum absolute atomic E-state index is 0.000508. The standard InChI is InChI=1S/C25H22ClFN6O3S/c26-19-10-7-11-20(27)18(19)14-21-24(35)33(17-8-3-1-4-9-17)25(28-21)37-16-22(34)29-23-15-32(30-36-23)31-12-5-2-6-13-31/h1,3-4,7-11,14-15H,2,5-6,12-13,16H2/b21-14-. The maximum Gasteiger partial charge on any atom is 0.324 e. The number of rotatable bonds is 6. The molecule has 1 amide bonds. The first kappa shape index (κ1) is 25.0. The maximum atomic E-state index is 14.3. The van der Waals surface area contributed by atoms with Crippen molar-refractivity contribution >= 4 is 58.0 Å². The van der Waals surface area contributed by atoms with Crippen molar-refractivity contribution in [2.75, 3.05) is 28.8 Å². The van der Waals surface area contributed by atoms with E-state index in [2.05, 4.69) is 15.3 Å². The Labute approximate surface area is 221 Å². The fourth-order valence-electron chi connectivity index (χ4n) is 3.96. The zero-order valence-electron chi connectivity index (χ0n) is 19.6. The highest BCUT2D eigenvalue weighted by atomic mass is 35.5. The minimum Gasteiger partial charge on any atom is -0.861 e. The molecule has 2 aliphatic rings. The van der Waals surface area contributed by atoms with Crippen molar-refractivity contribution in [1.82, 2.24) is 5.27 Å². The molecular weight excluding hydrogens is 519 g/mol. The third-order valence-corrected chi connectivity index (χ3v) is 7.00. The summed E-state index contributed by atoms with van der Waals surface area (Å²) < 4.78 is 19.5. The largest absolute Gasteiger partial charge is 0.861 e. The monoisotopic (exact) mass is 540 g/mol. The maximum absolute atomic E-state index is 14.3. The van der Waals surface area contributed by atoms with Crippen molar-refractivity contribution in [3.63, 3.8) is 0 Å². The van der Waals surface area contributed by atoms with Crippen molar-refractivity contribution < 1.29 is 23.6 Å². The molecule has 12 heteroatoms. The minimum atomic E-state index is -0.571. The van der Waals surface area contributed by atoms with Gasteiger partial charge in [0.15, 0.2) is 5.17 Å². The van der Waals surface area contributed by atoms with E-state index in [4.69, 9.17) is 16.1 Å². The fraction of sp³-hybridized carbons (Fsp3) is 0.240.